The minimum Gasteiger partial charge on any atom is -0.451 e. The van der Waals surface area contributed by atoms with Crippen molar-refractivity contribution in [1.29, 1.82) is 0 Å². The van der Waals surface area contributed by atoms with E-state index in [0.29, 0.717) is 5.69 Å². The number of amides is 1. The van der Waals surface area contributed by atoms with Crippen LogP contribution in [0.3, 0.4) is 0 Å². The molecular weight excluding hydrogens is 397 g/mol. The van der Waals surface area contributed by atoms with Crippen LogP contribution in [0.25, 0.3) is 22.0 Å². The molecule has 1 unspecified atom stereocenters. The van der Waals surface area contributed by atoms with Crippen LogP contribution in [0.15, 0.2) is 72.8 Å². The first-order valence-electron chi connectivity index (χ1n) is 9.76. The summed E-state index contributed by atoms with van der Waals surface area (Å²) >= 11 is 0. The normalized spacial score (nSPS) is 11.8. The number of H-pyrrole nitrogens is 1. The number of halogens is 1. The van der Waals surface area contributed by atoms with Gasteiger partial charge in [-0.15, -0.1) is 0 Å². The summed E-state index contributed by atoms with van der Waals surface area (Å²) in [6.45, 7) is 1.33. The predicted molar refractivity (Wildman–Crippen MR) is 115 cm³/mol. The molecule has 31 heavy (non-hydrogen) atoms. The maximum absolute atomic E-state index is 13.0. The Labute approximate surface area is 178 Å². The Morgan fingerprint density at radius 1 is 1.03 bits per heavy atom. The molecular formula is C24H20FN3O3. The van der Waals surface area contributed by atoms with Crippen LogP contribution in [0, 0.1) is 5.82 Å². The molecule has 0 bridgehead atoms. The highest BCUT2D eigenvalue weighted by Gasteiger charge is 2.16. The molecule has 0 saturated carbocycles. The van der Waals surface area contributed by atoms with Crippen LogP contribution in [0.5, 0.6) is 0 Å². The molecule has 0 aliphatic carbocycles. The smallest absolute Gasteiger partial charge is 0.356 e. The standard InChI is InChI=1S/C24H20FN3O3/c1-15(16-8-10-20(25)11-9-16)26-23(29)14-31-24(30)22-13-21(27-28-22)19-7-6-17-4-2-3-5-18(17)12-19/h2-13,15H,14H2,1H3,(H,26,29)(H,27,28). The maximum atomic E-state index is 13.0. The fraction of sp³-hybridized carbons (Fsp3) is 0.125. The number of esters is 1. The Balaban J connectivity index is 1.35. The van der Waals surface area contributed by atoms with E-state index in [1.165, 1.54) is 12.1 Å². The largest absolute Gasteiger partial charge is 0.451 e. The number of nitrogens with zero attached hydrogens (tertiary/aromatic N) is 1. The summed E-state index contributed by atoms with van der Waals surface area (Å²) in [5.41, 5.74) is 2.36. The average Bonchev–Trinajstić information content (AvgIpc) is 3.28. The number of aromatic amines is 1. The molecule has 0 aliphatic heterocycles. The van der Waals surface area contributed by atoms with Gasteiger partial charge in [-0.3, -0.25) is 9.89 Å². The average molecular weight is 417 g/mol. The van der Waals surface area contributed by atoms with E-state index in [1.54, 1.807) is 25.1 Å². The number of hydrogen-bond acceptors (Lipinski definition) is 4. The van der Waals surface area contributed by atoms with Gasteiger partial charge >= 0.3 is 5.97 Å². The number of benzene rings is 3. The van der Waals surface area contributed by atoms with Crippen LogP contribution in [0.2, 0.25) is 0 Å². The van der Waals surface area contributed by atoms with Crippen molar-refractivity contribution in [2.24, 2.45) is 0 Å². The monoisotopic (exact) mass is 417 g/mol. The van der Waals surface area contributed by atoms with E-state index in [9.17, 15) is 14.0 Å². The van der Waals surface area contributed by atoms with Crippen molar-refractivity contribution in [1.82, 2.24) is 15.5 Å². The molecule has 1 amide bonds. The third-order valence-corrected chi connectivity index (χ3v) is 4.92. The van der Waals surface area contributed by atoms with Crippen molar-refractivity contribution >= 4 is 22.6 Å². The lowest BCUT2D eigenvalue weighted by Crippen LogP contribution is -2.31. The number of nitrogens with one attached hydrogen (secondary N) is 2. The predicted octanol–water partition coefficient (Wildman–Crippen LogP) is 4.40. The molecule has 3 aromatic carbocycles. The molecule has 4 aromatic rings. The van der Waals surface area contributed by atoms with Crippen molar-refractivity contribution in [2.45, 2.75) is 13.0 Å². The van der Waals surface area contributed by atoms with E-state index >= 15 is 0 Å². The second-order valence-electron chi connectivity index (χ2n) is 7.15. The number of aromatic nitrogens is 2. The molecule has 0 radical (unpaired) electrons. The van der Waals surface area contributed by atoms with Crippen molar-refractivity contribution in [3.8, 4) is 11.3 Å². The summed E-state index contributed by atoms with van der Waals surface area (Å²) < 4.78 is 18.1. The lowest BCUT2D eigenvalue weighted by molar-refractivity contribution is -0.124. The van der Waals surface area contributed by atoms with E-state index in [-0.39, 0.29) is 17.6 Å². The molecule has 156 valence electrons. The summed E-state index contributed by atoms with van der Waals surface area (Å²) in [4.78, 5) is 24.4. The Morgan fingerprint density at radius 3 is 2.55 bits per heavy atom. The molecule has 1 aromatic heterocycles. The zero-order valence-corrected chi connectivity index (χ0v) is 16.8. The van der Waals surface area contributed by atoms with Crippen LogP contribution in [-0.2, 0) is 9.53 Å². The summed E-state index contributed by atoms with van der Waals surface area (Å²) in [5, 5.41) is 11.7. The van der Waals surface area contributed by atoms with Crippen LogP contribution < -0.4 is 5.32 Å². The number of carbonyl (C=O) groups is 2. The summed E-state index contributed by atoms with van der Waals surface area (Å²) in [6.07, 6.45) is 0. The van der Waals surface area contributed by atoms with Crippen molar-refractivity contribution in [3.05, 3.63) is 89.9 Å². The highest BCUT2D eigenvalue weighted by molar-refractivity contribution is 5.92. The Morgan fingerprint density at radius 2 is 1.77 bits per heavy atom. The number of ether oxygens (including phenoxy) is 1. The zero-order valence-electron chi connectivity index (χ0n) is 16.8. The van der Waals surface area contributed by atoms with Crippen LogP contribution in [-0.4, -0.2) is 28.7 Å². The zero-order chi connectivity index (χ0) is 21.8. The van der Waals surface area contributed by atoms with Crippen molar-refractivity contribution < 1.29 is 18.7 Å². The highest BCUT2D eigenvalue weighted by atomic mass is 19.1. The van der Waals surface area contributed by atoms with Crippen LogP contribution >= 0.6 is 0 Å². The van der Waals surface area contributed by atoms with Gasteiger partial charge in [-0.2, -0.15) is 5.10 Å². The van der Waals surface area contributed by atoms with Crippen molar-refractivity contribution in [3.63, 3.8) is 0 Å². The van der Waals surface area contributed by atoms with Gasteiger partial charge in [-0.05, 0) is 47.5 Å². The summed E-state index contributed by atoms with van der Waals surface area (Å²) in [7, 11) is 0. The van der Waals surface area contributed by atoms with Gasteiger partial charge in [0.1, 0.15) is 11.5 Å². The first-order valence-corrected chi connectivity index (χ1v) is 9.76. The minimum absolute atomic E-state index is 0.155. The lowest BCUT2D eigenvalue weighted by Gasteiger charge is -2.14. The second-order valence-corrected chi connectivity index (χ2v) is 7.15. The number of fused-ring (bicyclic) bond motifs is 1. The Kier molecular flexibility index (Phi) is 5.75. The highest BCUT2D eigenvalue weighted by Crippen LogP contribution is 2.23. The van der Waals surface area contributed by atoms with Gasteiger partial charge in [-0.25, -0.2) is 9.18 Å². The minimum atomic E-state index is -0.677. The quantitative estimate of drug-likeness (QED) is 0.456. The Bertz CT molecular complexity index is 1230. The molecule has 0 aliphatic rings. The van der Waals surface area contributed by atoms with Crippen molar-refractivity contribution in [2.75, 3.05) is 6.61 Å². The first-order chi connectivity index (χ1) is 15.0. The molecule has 4 rings (SSSR count). The van der Waals surface area contributed by atoms with E-state index in [1.807, 2.05) is 42.5 Å². The van der Waals surface area contributed by atoms with Gasteiger partial charge in [-0.1, -0.05) is 48.5 Å². The third-order valence-electron chi connectivity index (χ3n) is 4.92. The van der Waals surface area contributed by atoms with Crippen LogP contribution in [0.1, 0.15) is 29.0 Å². The van der Waals surface area contributed by atoms with E-state index in [0.717, 1.165) is 21.9 Å². The first kappa shape index (κ1) is 20.3. The van der Waals surface area contributed by atoms with E-state index in [2.05, 4.69) is 15.5 Å². The summed E-state index contributed by atoms with van der Waals surface area (Å²) in [5.74, 6) is -1.48. The molecule has 0 fully saturated rings. The number of carbonyl (C=O) groups excluding carboxylic acids is 2. The van der Waals surface area contributed by atoms with E-state index < -0.39 is 18.5 Å². The molecule has 0 saturated heterocycles. The van der Waals surface area contributed by atoms with Gasteiger partial charge in [0.05, 0.1) is 11.7 Å². The molecule has 7 heteroatoms. The maximum Gasteiger partial charge on any atom is 0.356 e. The fourth-order valence-electron chi connectivity index (χ4n) is 3.25. The van der Waals surface area contributed by atoms with E-state index in [4.69, 9.17) is 4.74 Å². The lowest BCUT2D eigenvalue weighted by atomic mass is 10.1. The van der Waals surface area contributed by atoms with Gasteiger partial charge < -0.3 is 10.1 Å². The van der Waals surface area contributed by atoms with Crippen LogP contribution in [0.4, 0.5) is 4.39 Å². The van der Waals surface area contributed by atoms with Gasteiger partial charge in [0.15, 0.2) is 6.61 Å². The molecule has 1 atom stereocenters. The van der Waals surface area contributed by atoms with Gasteiger partial charge in [0.25, 0.3) is 5.91 Å². The molecule has 1 heterocycles. The molecule has 2 N–H and O–H groups in total. The Hall–Kier alpha value is -4.00. The third kappa shape index (κ3) is 4.78. The summed E-state index contributed by atoms with van der Waals surface area (Å²) in [6, 6.07) is 20.9. The fourth-order valence-corrected chi connectivity index (χ4v) is 3.25. The molecule has 0 spiro atoms. The second kappa shape index (κ2) is 8.79. The SMILES string of the molecule is CC(NC(=O)COC(=O)c1cc(-c2ccc3ccccc3c2)n[nH]1)c1ccc(F)cc1. The van der Waals surface area contributed by atoms with Gasteiger partial charge in [0, 0.05) is 5.56 Å². The number of rotatable bonds is 6. The number of hydrogen-bond donors (Lipinski definition) is 2. The van der Waals surface area contributed by atoms with Gasteiger partial charge in [0.2, 0.25) is 0 Å². The topological polar surface area (TPSA) is 84.1 Å². The molecule has 6 nitrogen and oxygen atoms in total.